The maximum absolute atomic E-state index is 12.8. The van der Waals surface area contributed by atoms with Crippen LogP contribution in [0.4, 0.5) is 4.79 Å². The molecule has 0 saturated heterocycles. The number of amides is 2. The van der Waals surface area contributed by atoms with Crippen molar-refractivity contribution >= 4 is 34.4 Å². The molecule has 31 heavy (non-hydrogen) atoms. The quantitative estimate of drug-likeness (QED) is 0.582. The maximum Gasteiger partial charge on any atom is 0.407 e. The number of carboxylic acid groups (broad SMARTS) is 1. The molecule has 0 aliphatic heterocycles. The van der Waals surface area contributed by atoms with Gasteiger partial charge in [0.1, 0.15) is 0 Å². The lowest BCUT2D eigenvalue weighted by Crippen LogP contribution is -2.38. The second-order valence-corrected chi connectivity index (χ2v) is 8.04. The number of nitrogens with one attached hydrogen (secondary N) is 1. The average Bonchev–Trinajstić information content (AvgIpc) is 2.72. The summed E-state index contributed by atoms with van der Waals surface area (Å²) < 4.78 is 0. The van der Waals surface area contributed by atoms with E-state index in [1.54, 1.807) is 48.5 Å². The van der Waals surface area contributed by atoms with Crippen LogP contribution in [0.5, 0.6) is 0 Å². The lowest BCUT2D eigenvalue weighted by Gasteiger charge is -2.22. The average molecular weight is 443 g/mol. The van der Waals surface area contributed by atoms with Gasteiger partial charge < -0.3 is 10.0 Å². The molecule has 2 N–H and O–H groups in total. The summed E-state index contributed by atoms with van der Waals surface area (Å²) in [6.07, 6.45) is -1.05. The predicted molar refractivity (Wildman–Crippen MR) is 119 cm³/mol. The van der Waals surface area contributed by atoms with Crippen molar-refractivity contribution in [3.8, 4) is 0 Å². The Morgan fingerprint density at radius 2 is 1.77 bits per heavy atom. The molecule has 0 fully saturated rings. The van der Waals surface area contributed by atoms with E-state index in [1.807, 2.05) is 13.8 Å². The Morgan fingerprint density at radius 1 is 1.13 bits per heavy atom. The Balaban J connectivity index is 1.93. The van der Waals surface area contributed by atoms with E-state index in [4.69, 9.17) is 11.6 Å². The van der Waals surface area contributed by atoms with E-state index in [1.165, 1.54) is 4.90 Å². The summed E-state index contributed by atoms with van der Waals surface area (Å²) in [5, 5.41) is 15.3. The standard InChI is InChI=1S/C22H23ClN4O4/c1-14(2)12-26(22(30)31)13-19-17-5-3-4-6-18(17)21(29)27(24-19)25-20(28)11-15-7-9-16(23)10-8-15/h3-10,14H,11-13H2,1-2H3,(H,25,28)(H,30,31). The van der Waals surface area contributed by atoms with E-state index in [-0.39, 0.29) is 18.9 Å². The molecule has 0 atom stereocenters. The molecular weight excluding hydrogens is 420 g/mol. The number of hydrogen-bond donors (Lipinski definition) is 2. The van der Waals surface area contributed by atoms with Crippen LogP contribution in [-0.4, -0.2) is 38.4 Å². The summed E-state index contributed by atoms with van der Waals surface area (Å²) >= 11 is 5.87. The summed E-state index contributed by atoms with van der Waals surface area (Å²) in [6, 6.07) is 13.6. The van der Waals surface area contributed by atoms with Gasteiger partial charge in [0.2, 0.25) is 5.91 Å². The highest BCUT2D eigenvalue weighted by Gasteiger charge is 2.19. The number of nitrogens with zero attached hydrogens (tertiary/aromatic N) is 3. The Bertz CT molecular complexity index is 1160. The van der Waals surface area contributed by atoms with Crippen LogP contribution < -0.4 is 11.0 Å². The molecule has 0 aliphatic carbocycles. The SMILES string of the molecule is CC(C)CN(Cc1nn(NC(=O)Cc2ccc(Cl)cc2)c(=O)c2ccccc12)C(=O)O. The molecular formula is C22H23ClN4O4. The number of carbonyl (C=O) groups excluding carboxylic acids is 1. The lowest BCUT2D eigenvalue weighted by molar-refractivity contribution is -0.116. The van der Waals surface area contributed by atoms with Crippen LogP contribution in [0.3, 0.4) is 0 Å². The van der Waals surface area contributed by atoms with Crippen molar-refractivity contribution in [1.82, 2.24) is 14.8 Å². The van der Waals surface area contributed by atoms with Crippen molar-refractivity contribution in [3.63, 3.8) is 0 Å². The third-order valence-electron chi connectivity index (χ3n) is 4.59. The minimum absolute atomic E-state index is 0.0125. The highest BCUT2D eigenvalue weighted by atomic mass is 35.5. The largest absolute Gasteiger partial charge is 0.465 e. The first-order valence-electron chi connectivity index (χ1n) is 9.77. The molecule has 1 heterocycles. The molecule has 162 valence electrons. The van der Waals surface area contributed by atoms with Gasteiger partial charge in [-0.3, -0.25) is 9.59 Å². The summed E-state index contributed by atoms with van der Waals surface area (Å²) in [7, 11) is 0. The van der Waals surface area contributed by atoms with Crippen molar-refractivity contribution < 1.29 is 14.7 Å². The molecule has 0 aliphatic rings. The number of rotatable bonds is 7. The second-order valence-electron chi connectivity index (χ2n) is 7.60. The molecule has 2 aromatic carbocycles. The van der Waals surface area contributed by atoms with Gasteiger partial charge in [-0.1, -0.05) is 55.8 Å². The van der Waals surface area contributed by atoms with E-state index < -0.39 is 17.6 Å². The van der Waals surface area contributed by atoms with E-state index >= 15 is 0 Å². The second kappa shape index (κ2) is 9.61. The van der Waals surface area contributed by atoms with Gasteiger partial charge in [0.15, 0.2) is 0 Å². The number of aromatic nitrogens is 2. The zero-order chi connectivity index (χ0) is 22.5. The van der Waals surface area contributed by atoms with Crippen LogP contribution in [0.25, 0.3) is 10.8 Å². The van der Waals surface area contributed by atoms with E-state index in [9.17, 15) is 19.5 Å². The van der Waals surface area contributed by atoms with Gasteiger partial charge in [-0.2, -0.15) is 5.10 Å². The maximum atomic E-state index is 12.8. The van der Waals surface area contributed by atoms with E-state index in [0.29, 0.717) is 28.0 Å². The van der Waals surface area contributed by atoms with Gasteiger partial charge in [-0.05, 0) is 29.7 Å². The van der Waals surface area contributed by atoms with Gasteiger partial charge in [-0.15, -0.1) is 4.79 Å². The smallest absolute Gasteiger partial charge is 0.407 e. The molecule has 8 nitrogen and oxygen atoms in total. The first kappa shape index (κ1) is 22.3. The molecule has 0 spiro atoms. The molecule has 9 heteroatoms. The topological polar surface area (TPSA) is 105 Å². The minimum atomic E-state index is -1.08. The van der Waals surface area contributed by atoms with Crippen molar-refractivity contribution in [3.05, 3.63) is 75.2 Å². The van der Waals surface area contributed by atoms with E-state index in [2.05, 4.69) is 10.5 Å². The van der Waals surface area contributed by atoms with Gasteiger partial charge in [0, 0.05) is 17.0 Å². The predicted octanol–water partition coefficient (Wildman–Crippen LogP) is 3.50. The molecule has 0 radical (unpaired) electrons. The number of halogens is 1. The van der Waals surface area contributed by atoms with Gasteiger partial charge in [0.25, 0.3) is 5.56 Å². The Labute approximate surface area is 184 Å². The first-order chi connectivity index (χ1) is 14.7. The number of carbonyl (C=O) groups is 2. The molecule has 2 amide bonds. The first-order valence-corrected chi connectivity index (χ1v) is 10.2. The number of hydrogen-bond acceptors (Lipinski definition) is 4. The van der Waals surface area contributed by atoms with Crippen LogP contribution in [0, 0.1) is 5.92 Å². The Kier molecular flexibility index (Phi) is 6.91. The van der Waals surface area contributed by atoms with E-state index in [0.717, 1.165) is 10.4 Å². The zero-order valence-corrected chi connectivity index (χ0v) is 18.0. The van der Waals surface area contributed by atoms with Gasteiger partial charge in [0.05, 0.1) is 24.0 Å². The fourth-order valence-electron chi connectivity index (χ4n) is 3.23. The summed E-state index contributed by atoms with van der Waals surface area (Å²) in [6.45, 7) is 4.13. The Morgan fingerprint density at radius 3 is 2.39 bits per heavy atom. The fourth-order valence-corrected chi connectivity index (χ4v) is 3.35. The van der Waals surface area contributed by atoms with Crippen molar-refractivity contribution in [2.24, 2.45) is 5.92 Å². The van der Waals surface area contributed by atoms with Crippen molar-refractivity contribution in [2.45, 2.75) is 26.8 Å². The number of benzene rings is 2. The normalized spacial score (nSPS) is 11.0. The zero-order valence-electron chi connectivity index (χ0n) is 17.2. The molecule has 1 aromatic heterocycles. The summed E-state index contributed by atoms with van der Waals surface area (Å²) in [4.78, 5) is 39.1. The molecule has 0 bridgehead atoms. The van der Waals surface area contributed by atoms with Crippen LogP contribution in [0.2, 0.25) is 5.02 Å². The molecule has 0 unspecified atom stereocenters. The molecule has 3 aromatic rings. The van der Waals surface area contributed by atoms with Crippen LogP contribution in [0.15, 0.2) is 53.3 Å². The van der Waals surface area contributed by atoms with Gasteiger partial charge in [-0.25, -0.2) is 10.2 Å². The monoisotopic (exact) mass is 442 g/mol. The van der Waals surface area contributed by atoms with Crippen molar-refractivity contribution in [1.29, 1.82) is 0 Å². The highest BCUT2D eigenvalue weighted by molar-refractivity contribution is 6.30. The van der Waals surface area contributed by atoms with Crippen molar-refractivity contribution in [2.75, 3.05) is 12.0 Å². The van der Waals surface area contributed by atoms with Crippen LogP contribution in [0.1, 0.15) is 25.1 Å². The van der Waals surface area contributed by atoms with Crippen LogP contribution in [-0.2, 0) is 17.8 Å². The third-order valence-corrected chi connectivity index (χ3v) is 4.84. The minimum Gasteiger partial charge on any atom is -0.465 e. The lowest BCUT2D eigenvalue weighted by atomic mass is 10.1. The summed E-state index contributed by atoms with van der Waals surface area (Å²) in [5.74, 6) is -0.317. The molecule has 0 saturated carbocycles. The fraction of sp³-hybridized carbons (Fsp3) is 0.273. The molecule has 3 rings (SSSR count). The number of fused-ring (bicyclic) bond motifs is 1. The Hall–Kier alpha value is -3.39. The summed E-state index contributed by atoms with van der Waals surface area (Å²) in [5.41, 5.74) is 3.12. The third kappa shape index (κ3) is 5.61. The van der Waals surface area contributed by atoms with Gasteiger partial charge >= 0.3 is 6.09 Å². The van der Waals surface area contributed by atoms with Crippen LogP contribution >= 0.6 is 11.6 Å². The highest BCUT2D eigenvalue weighted by Crippen LogP contribution is 2.16.